The highest BCUT2D eigenvalue weighted by atomic mass is 31.2. The lowest BCUT2D eigenvalue weighted by atomic mass is 9.76. The van der Waals surface area contributed by atoms with E-state index >= 15 is 0 Å². The Hall–Kier alpha value is -0.700. The second-order valence-electron chi connectivity index (χ2n) is 12.5. The van der Waals surface area contributed by atoms with E-state index in [1.807, 2.05) is 0 Å². The van der Waals surface area contributed by atoms with Crippen LogP contribution < -0.4 is 10.6 Å². The Balaban J connectivity index is 1.78. The van der Waals surface area contributed by atoms with Gasteiger partial charge in [0.1, 0.15) is 0 Å². The Morgan fingerprint density at radius 1 is 0.629 bits per heavy atom. The van der Waals surface area contributed by atoms with Crippen LogP contribution in [0.5, 0.6) is 0 Å². The van der Waals surface area contributed by atoms with Crippen LogP contribution in [0.3, 0.4) is 0 Å². The van der Waals surface area contributed by atoms with Gasteiger partial charge in [0.25, 0.3) is 0 Å². The van der Waals surface area contributed by atoms with Gasteiger partial charge < -0.3 is 0 Å². The fourth-order valence-corrected chi connectivity index (χ4v) is 16.6. The summed E-state index contributed by atoms with van der Waals surface area (Å²) in [5.74, 6) is 6.72. The molecule has 0 amide bonds. The number of rotatable bonds is 8. The molecular weight excluding hydrogens is 458 g/mol. The third-order valence-electron chi connectivity index (χ3n) is 9.27. The van der Waals surface area contributed by atoms with Crippen LogP contribution in [0.2, 0.25) is 0 Å². The molecule has 2 heteroatoms. The molecule has 2 fully saturated rings. The summed E-state index contributed by atoms with van der Waals surface area (Å²) < 4.78 is 0. The lowest BCUT2D eigenvalue weighted by Gasteiger charge is -2.50. The quantitative estimate of drug-likeness (QED) is 0.312. The topological polar surface area (TPSA) is 0 Å². The van der Waals surface area contributed by atoms with Crippen molar-refractivity contribution in [3.05, 3.63) is 60.7 Å². The molecule has 0 unspecified atom stereocenters. The molecule has 0 nitrogen and oxygen atoms in total. The first kappa shape index (κ1) is 27.3. The second-order valence-corrected chi connectivity index (χ2v) is 17.9. The van der Waals surface area contributed by atoms with Gasteiger partial charge in [0.05, 0.1) is 0 Å². The Morgan fingerprint density at radius 3 is 1.40 bits per heavy atom. The van der Waals surface area contributed by atoms with Crippen LogP contribution in [0.15, 0.2) is 60.7 Å². The third-order valence-corrected chi connectivity index (χ3v) is 16.4. The largest absolute Gasteiger partial charge is 0.0947 e. The van der Waals surface area contributed by atoms with Crippen LogP contribution in [0.1, 0.15) is 80.1 Å². The number of hydrogen-bond acceptors (Lipinski definition) is 0. The summed E-state index contributed by atoms with van der Waals surface area (Å²) in [6.07, 6.45) is 8.79. The van der Waals surface area contributed by atoms with E-state index in [1.54, 1.807) is 10.6 Å². The highest BCUT2D eigenvalue weighted by molar-refractivity contribution is 7.83. The molecule has 0 radical (unpaired) electrons. The third kappa shape index (κ3) is 6.79. The highest BCUT2D eigenvalue weighted by Gasteiger charge is 2.44. The Bertz CT molecular complexity index is 805. The van der Waals surface area contributed by atoms with Gasteiger partial charge in [-0.3, -0.25) is 0 Å². The standard InChI is InChI=1S/C33H50P2/c1-24(2)30-19-17-26(5)21-32(30)35(33-22-27(6)18-20-31(33)25(3)4)23-34(28-13-9-7-10-14-28)29-15-11-8-12-16-29/h7-16,24-27,30-33H,17-23H2,1-6H3/t26-,27-,30+,31+,32-,33-/m1/s1. The molecule has 6 atom stereocenters. The second kappa shape index (κ2) is 12.7. The normalized spacial score (nSPS) is 29.9. The van der Waals surface area contributed by atoms with Gasteiger partial charge in [0.15, 0.2) is 0 Å². The molecule has 0 heterocycles. The summed E-state index contributed by atoms with van der Waals surface area (Å²) in [7, 11) is -0.368. The highest BCUT2D eigenvalue weighted by Crippen LogP contribution is 2.65. The van der Waals surface area contributed by atoms with E-state index < -0.39 is 0 Å². The van der Waals surface area contributed by atoms with Crippen molar-refractivity contribution in [2.24, 2.45) is 35.5 Å². The minimum absolute atomic E-state index is 0.0515. The van der Waals surface area contributed by atoms with Crippen molar-refractivity contribution >= 4 is 26.5 Å². The van der Waals surface area contributed by atoms with Crippen LogP contribution >= 0.6 is 15.8 Å². The molecule has 0 spiro atoms. The van der Waals surface area contributed by atoms with Crippen LogP contribution in [-0.2, 0) is 0 Å². The van der Waals surface area contributed by atoms with E-state index in [0.29, 0.717) is 0 Å². The summed E-state index contributed by atoms with van der Waals surface area (Å²) in [5, 5.41) is 3.19. The average Bonchev–Trinajstić information content (AvgIpc) is 2.85. The van der Waals surface area contributed by atoms with Gasteiger partial charge >= 0.3 is 0 Å². The van der Waals surface area contributed by atoms with Gasteiger partial charge in [-0.15, -0.1) is 0 Å². The lowest BCUT2D eigenvalue weighted by Crippen LogP contribution is -2.39. The molecule has 35 heavy (non-hydrogen) atoms. The summed E-state index contributed by atoms with van der Waals surface area (Å²) in [6, 6.07) is 23.2. The van der Waals surface area contributed by atoms with E-state index in [4.69, 9.17) is 0 Å². The van der Waals surface area contributed by atoms with Gasteiger partial charge in [-0.2, -0.15) is 0 Å². The molecule has 2 aliphatic carbocycles. The molecule has 2 aromatic rings. The Morgan fingerprint density at radius 2 is 1.03 bits per heavy atom. The maximum Gasteiger partial charge on any atom is -0.00348 e. The predicted octanol–water partition coefficient (Wildman–Crippen LogP) is 9.48. The zero-order valence-corrected chi connectivity index (χ0v) is 25.0. The zero-order valence-electron chi connectivity index (χ0n) is 23.2. The molecular formula is C33H50P2. The summed E-state index contributed by atoms with van der Waals surface area (Å²) in [5.41, 5.74) is 1.89. The van der Waals surface area contributed by atoms with E-state index in [-0.39, 0.29) is 15.8 Å². The summed E-state index contributed by atoms with van der Waals surface area (Å²) in [6.45, 7) is 15.2. The van der Waals surface area contributed by atoms with Crippen molar-refractivity contribution < 1.29 is 0 Å². The van der Waals surface area contributed by atoms with Gasteiger partial charge in [0, 0.05) is 0 Å². The summed E-state index contributed by atoms with van der Waals surface area (Å²) >= 11 is 0. The molecule has 192 valence electrons. The minimum atomic E-state index is -0.316. The molecule has 0 aliphatic heterocycles. The van der Waals surface area contributed by atoms with Gasteiger partial charge in [0.2, 0.25) is 0 Å². The first-order chi connectivity index (χ1) is 16.8. The lowest BCUT2D eigenvalue weighted by molar-refractivity contribution is 0.223. The molecule has 2 saturated carbocycles. The van der Waals surface area contributed by atoms with Crippen molar-refractivity contribution in [3.8, 4) is 0 Å². The van der Waals surface area contributed by atoms with Crippen molar-refractivity contribution in [2.75, 3.05) is 5.90 Å². The van der Waals surface area contributed by atoms with Crippen molar-refractivity contribution in [1.82, 2.24) is 0 Å². The Kier molecular flexibility index (Phi) is 9.92. The Labute approximate surface area is 219 Å². The first-order valence-corrected chi connectivity index (χ1v) is 17.7. The maximum absolute atomic E-state index is 2.55. The van der Waals surface area contributed by atoms with Crippen LogP contribution in [0.25, 0.3) is 0 Å². The minimum Gasteiger partial charge on any atom is -0.0947 e. The molecule has 2 aromatic carbocycles. The molecule has 0 saturated heterocycles. The first-order valence-electron chi connectivity index (χ1n) is 14.5. The zero-order chi connectivity index (χ0) is 24.9. The molecule has 2 aliphatic rings. The van der Waals surface area contributed by atoms with E-state index in [9.17, 15) is 0 Å². The molecule has 0 N–H and O–H groups in total. The van der Waals surface area contributed by atoms with Gasteiger partial charge in [-0.05, 0) is 96.9 Å². The van der Waals surface area contributed by atoms with E-state index in [2.05, 4.69) is 102 Å². The fourth-order valence-electron chi connectivity index (χ4n) is 7.21. The fraction of sp³-hybridized carbons (Fsp3) is 0.636. The van der Waals surface area contributed by atoms with Crippen molar-refractivity contribution in [2.45, 2.75) is 91.4 Å². The van der Waals surface area contributed by atoms with Crippen molar-refractivity contribution in [1.29, 1.82) is 0 Å². The van der Waals surface area contributed by atoms with E-state index in [0.717, 1.165) is 46.8 Å². The predicted molar refractivity (Wildman–Crippen MR) is 161 cm³/mol. The van der Waals surface area contributed by atoms with Crippen LogP contribution in [0.4, 0.5) is 0 Å². The number of benzene rings is 2. The van der Waals surface area contributed by atoms with Gasteiger partial charge in [-0.1, -0.05) is 123 Å². The molecule has 0 bridgehead atoms. The smallest absolute Gasteiger partial charge is 0.00348 e. The maximum atomic E-state index is 2.55. The van der Waals surface area contributed by atoms with Crippen LogP contribution in [-0.4, -0.2) is 17.2 Å². The van der Waals surface area contributed by atoms with Crippen LogP contribution in [0, 0.1) is 35.5 Å². The molecule has 4 rings (SSSR count). The van der Waals surface area contributed by atoms with E-state index in [1.165, 1.54) is 44.4 Å². The monoisotopic (exact) mass is 508 g/mol. The van der Waals surface area contributed by atoms with Crippen molar-refractivity contribution in [3.63, 3.8) is 0 Å². The van der Waals surface area contributed by atoms with Gasteiger partial charge in [-0.25, -0.2) is 0 Å². The summed E-state index contributed by atoms with van der Waals surface area (Å²) in [4.78, 5) is 0. The average molecular weight is 509 g/mol. The molecule has 0 aromatic heterocycles. The SMILES string of the molecule is CC(C)[C@@H]1CC[C@@H](C)C[C@H]1P(CP(c1ccccc1)c1ccccc1)[C@@H]1C[C@H](C)CC[C@H]1C(C)C. The number of hydrogen-bond donors (Lipinski definition) is 0.